The van der Waals surface area contributed by atoms with Crippen LogP contribution in [0, 0.1) is 23.4 Å². The number of nitrogens with zero attached hydrogens (tertiary/aromatic N) is 1. The van der Waals surface area contributed by atoms with Crippen LogP contribution in [0.2, 0.25) is 0 Å². The van der Waals surface area contributed by atoms with Gasteiger partial charge >= 0.3 is 0 Å². The van der Waals surface area contributed by atoms with Crippen molar-refractivity contribution >= 4 is 0 Å². The molecule has 2 atom stereocenters. The fraction of sp³-hybridized carbons (Fsp3) is 0.600. The molecule has 2 N–H and O–H groups in total. The van der Waals surface area contributed by atoms with Crippen LogP contribution in [0.25, 0.3) is 0 Å². The lowest BCUT2D eigenvalue weighted by molar-refractivity contribution is 0.0954. The average molecular weight is 286 g/mol. The highest BCUT2D eigenvalue weighted by atomic mass is 19.2. The van der Waals surface area contributed by atoms with E-state index in [1.165, 1.54) is 0 Å². The van der Waals surface area contributed by atoms with Gasteiger partial charge in [-0.05, 0) is 62.5 Å². The van der Waals surface area contributed by atoms with Gasteiger partial charge in [0.2, 0.25) is 0 Å². The molecule has 1 aliphatic heterocycles. The first-order valence-corrected chi connectivity index (χ1v) is 7.17. The van der Waals surface area contributed by atoms with Gasteiger partial charge in [0.15, 0.2) is 17.5 Å². The Kier molecular flexibility index (Phi) is 5.05. The third kappa shape index (κ3) is 2.99. The fourth-order valence-corrected chi connectivity index (χ4v) is 3.17. The van der Waals surface area contributed by atoms with E-state index < -0.39 is 17.5 Å². The van der Waals surface area contributed by atoms with Crippen LogP contribution in [-0.4, -0.2) is 24.5 Å². The van der Waals surface area contributed by atoms with Crippen molar-refractivity contribution in [1.29, 1.82) is 0 Å². The first-order valence-electron chi connectivity index (χ1n) is 7.17. The number of hydrogen-bond donors (Lipinski definition) is 1. The van der Waals surface area contributed by atoms with Crippen molar-refractivity contribution in [3.63, 3.8) is 0 Å². The smallest absolute Gasteiger partial charge is 0.194 e. The summed E-state index contributed by atoms with van der Waals surface area (Å²) in [6.07, 6.45) is 2.92. The molecule has 0 saturated carbocycles. The zero-order valence-electron chi connectivity index (χ0n) is 11.7. The summed E-state index contributed by atoms with van der Waals surface area (Å²) in [6.45, 7) is 4.26. The summed E-state index contributed by atoms with van der Waals surface area (Å²) in [4.78, 5) is 2.20. The summed E-state index contributed by atoms with van der Waals surface area (Å²) in [7, 11) is 0. The standard InChI is InChI=1S/C15H21F3N2/c1-2-5-20-6-3-4-10(9-19)15(20)11-7-12(16)14(18)13(17)8-11/h7-8,10,15H,2-6,9,19H2,1H3. The largest absolute Gasteiger partial charge is 0.330 e. The second kappa shape index (κ2) is 6.59. The van der Waals surface area contributed by atoms with Gasteiger partial charge in [-0.25, -0.2) is 13.2 Å². The van der Waals surface area contributed by atoms with E-state index in [0.29, 0.717) is 12.1 Å². The molecule has 2 rings (SSSR count). The average Bonchev–Trinajstić information content (AvgIpc) is 2.44. The molecule has 0 radical (unpaired) electrons. The van der Waals surface area contributed by atoms with Crippen molar-refractivity contribution in [3.05, 3.63) is 35.1 Å². The highest BCUT2D eigenvalue weighted by Gasteiger charge is 2.32. The summed E-state index contributed by atoms with van der Waals surface area (Å²) in [5.74, 6) is -3.51. The van der Waals surface area contributed by atoms with Crippen LogP contribution in [0.15, 0.2) is 12.1 Å². The van der Waals surface area contributed by atoms with Crippen molar-refractivity contribution < 1.29 is 13.2 Å². The minimum Gasteiger partial charge on any atom is -0.330 e. The number of benzene rings is 1. The highest BCUT2D eigenvalue weighted by molar-refractivity contribution is 5.24. The maximum Gasteiger partial charge on any atom is 0.194 e. The molecule has 0 amide bonds. The van der Waals surface area contributed by atoms with Crippen LogP contribution < -0.4 is 5.73 Å². The second-order valence-electron chi connectivity index (χ2n) is 5.42. The summed E-state index contributed by atoms with van der Waals surface area (Å²) >= 11 is 0. The third-order valence-corrected chi connectivity index (χ3v) is 4.02. The quantitative estimate of drug-likeness (QED) is 0.861. The Labute approximate surface area is 117 Å². The van der Waals surface area contributed by atoms with Gasteiger partial charge in [-0.3, -0.25) is 4.90 Å². The Hall–Kier alpha value is -1.07. The van der Waals surface area contributed by atoms with Gasteiger partial charge in [0.1, 0.15) is 0 Å². The maximum atomic E-state index is 13.5. The Bertz CT molecular complexity index is 439. The normalized spacial score (nSPS) is 24.1. The van der Waals surface area contributed by atoms with Crippen LogP contribution in [0.4, 0.5) is 13.2 Å². The number of hydrogen-bond acceptors (Lipinski definition) is 2. The Balaban J connectivity index is 2.38. The van der Waals surface area contributed by atoms with Gasteiger partial charge in [-0.15, -0.1) is 0 Å². The fourth-order valence-electron chi connectivity index (χ4n) is 3.17. The van der Waals surface area contributed by atoms with Gasteiger partial charge in [0, 0.05) is 6.04 Å². The molecule has 1 fully saturated rings. The number of likely N-dealkylation sites (tertiary alicyclic amines) is 1. The molecular weight excluding hydrogens is 265 g/mol. The second-order valence-corrected chi connectivity index (χ2v) is 5.42. The van der Waals surface area contributed by atoms with E-state index in [1.807, 2.05) is 0 Å². The minimum atomic E-state index is -1.41. The molecule has 0 aliphatic carbocycles. The molecule has 1 aromatic carbocycles. The molecule has 0 aromatic heterocycles. The Morgan fingerprint density at radius 3 is 2.45 bits per heavy atom. The van der Waals surface area contributed by atoms with Crippen LogP contribution in [0.3, 0.4) is 0 Å². The van der Waals surface area contributed by atoms with E-state index in [0.717, 1.165) is 44.5 Å². The third-order valence-electron chi connectivity index (χ3n) is 4.02. The lowest BCUT2D eigenvalue weighted by Gasteiger charge is -2.41. The molecule has 1 aliphatic rings. The van der Waals surface area contributed by atoms with Crippen LogP contribution in [-0.2, 0) is 0 Å². The molecule has 1 aromatic rings. The molecule has 2 unspecified atom stereocenters. The number of nitrogens with two attached hydrogens (primary N) is 1. The van der Waals surface area contributed by atoms with Gasteiger partial charge < -0.3 is 5.73 Å². The zero-order valence-corrected chi connectivity index (χ0v) is 11.7. The molecular formula is C15H21F3N2. The number of piperidine rings is 1. The minimum absolute atomic E-state index is 0.127. The van der Waals surface area contributed by atoms with Crippen LogP contribution >= 0.6 is 0 Å². The molecule has 5 heteroatoms. The summed E-state index contributed by atoms with van der Waals surface area (Å²) in [6, 6.07) is 2.10. The van der Waals surface area contributed by atoms with E-state index in [-0.39, 0.29) is 12.0 Å². The predicted molar refractivity (Wildman–Crippen MR) is 72.7 cm³/mol. The summed E-state index contributed by atoms with van der Waals surface area (Å²) in [5, 5.41) is 0. The first kappa shape index (κ1) is 15.3. The van der Waals surface area contributed by atoms with Gasteiger partial charge in [-0.2, -0.15) is 0 Å². The van der Waals surface area contributed by atoms with Gasteiger partial charge in [0.05, 0.1) is 0 Å². The molecule has 0 spiro atoms. The van der Waals surface area contributed by atoms with E-state index in [9.17, 15) is 13.2 Å². The van der Waals surface area contributed by atoms with E-state index >= 15 is 0 Å². The molecule has 2 nitrogen and oxygen atoms in total. The van der Waals surface area contributed by atoms with Crippen molar-refractivity contribution in [2.24, 2.45) is 11.7 Å². The van der Waals surface area contributed by atoms with Crippen molar-refractivity contribution in [2.75, 3.05) is 19.6 Å². The van der Waals surface area contributed by atoms with Crippen molar-refractivity contribution in [2.45, 2.75) is 32.2 Å². The predicted octanol–water partition coefficient (Wildman–Crippen LogP) is 3.23. The number of rotatable bonds is 4. The van der Waals surface area contributed by atoms with Crippen LogP contribution in [0.5, 0.6) is 0 Å². The summed E-state index contributed by atoms with van der Waals surface area (Å²) < 4.78 is 40.1. The highest BCUT2D eigenvalue weighted by Crippen LogP contribution is 2.36. The lowest BCUT2D eigenvalue weighted by atomic mass is 9.84. The zero-order chi connectivity index (χ0) is 14.7. The van der Waals surface area contributed by atoms with E-state index in [1.54, 1.807) is 0 Å². The topological polar surface area (TPSA) is 29.3 Å². The molecule has 0 bridgehead atoms. The Morgan fingerprint density at radius 2 is 1.90 bits per heavy atom. The lowest BCUT2D eigenvalue weighted by Crippen LogP contribution is -2.42. The molecule has 1 saturated heterocycles. The Morgan fingerprint density at radius 1 is 1.25 bits per heavy atom. The SMILES string of the molecule is CCCN1CCCC(CN)C1c1cc(F)c(F)c(F)c1. The van der Waals surface area contributed by atoms with Crippen molar-refractivity contribution in [3.8, 4) is 0 Å². The van der Waals surface area contributed by atoms with E-state index in [4.69, 9.17) is 5.73 Å². The van der Waals surface area contributed by atoms with Gasteiger partial charge in [0.25, 0.3) is 0 Å². The first-order chi connectivity index (χ1) is 9.58. The van der Waals surface area contributed by atoms with Gasteiger partial charge in [-0.1, -0.05) is 6.92 Å². The maximum absolute atomic E-state index is 13.5. The monoisotopic (exact) mass is 286 g/mol. The van der Waals surface area contributed by atoms with Crippen LogP contribution in [0.1, 0.15) is 37.8 Å². The molecule has 112 valence electrons. The van der Waals surface area contributed by atoms with Crippen molar-refractivity contribution in [1.82, 2.24) is 4.90 Å². The molecule has 1 heterocycles. The molecule has 20 heavy (non-hydrogen) atoms. The van der Waals surface area contributed by atoms with E-state index in [2.05, 4.69) is 11.8 Å². The summed E-state index contributed by atoms with van der Waals surface area (Å²) in [5.41, 5.74) is 6.30. The number of halogens is 3.